The molecular formula is C22H23ClFN3O2. The molecular weight excluding hydrogens is 393 g/mol. The summed E-state index contributed by atoms with van der Waals surface area (Å²) in [5.41, 5.74) is 1.36. The van der Waals surface area contributed by atoms with Crippen LogP contribution in [-0.2, 0) is 4.79 Å². The molecule has 29 heavy (non-hydrogen) atoms. The van der Waals surface area contributed by atoms with Crippen molar-refractivity contribution in [2.45, 2.75) is 12.8 Å². The average Bonchev–Trinajstić information content (AvgIpc) is 2.73. The number of nitrogens with one attached hydrogen (secondary N) is 2. The lowest BCUT2D eigenvalue weighted by atomic mass is 9.97. The number of anilines is 1. The zero-order valence-electron chi connectivity index (χ0n) is 15.9. The SMILES string of the molecule is O=C(C=Cc1ccccc1Cl)NCC1CCN(C(=O)Nc2ccc(F)cc2)CC1. The minimum absolute atomic E-state index is 0.165. The molecule has 1 heterocycles. The molecule has 7 heteroatoms. The van der Waals surface area contributed by atoms with Gasteiger partial charge in [0.2, 0.25) is 5.91 Å². The first-order valence-electron chi connectivity index (χ1n) is 9.53. The molecule has 2 aromatic carbocycles. The van der Waals surface area contributed by atoms with Crippen LogP contribution in [0.5, 0.6) is 0 Å². The van der Waals surface area contributed by atoms with E-state index >= 15 is 0 Å². The molecule has 0 bridgehead atoms. The summed E-state index contributed by atoms with van der Waals surface area (Å²) in [6.07, 6.45) is 4.79. The molecule has 1 aliphatic rings. The second kappa shape index (κ2) is 10.1. The van der Waals surface area contributed by atoms with Crippen LogP contribution in [0.25, 0.3) is 6.08 Å². The van der Waals surface area contributed by atoms with E-state index in [1.54, 1.807) is 17.0 Å². The minimum Gasteiger partial charge on any atom is -0.352 e. The highest BCUT2D eigenvalue weighted by molar-refractivity contribution is 6.32. The van der Waals surface area contributed by atoms with Gasteiger partial charge in [0.05, 0.1) is 0 Å². The van der Waals surface area contributed by atoms with Crippen LogP contribution >= 0.6 is 11.6 Å². The highest BCUT2D eigenvalue weighted by Crippen LogP contribution is 2.18. The minimum atomic E-state index is -0.340. The number of carbonyl (C=O) groups is 2. The van der Waals surface area contributed by atoms with Crippen LogP contribution in [0, 0.1) is 11.7 Å². The molecule has 1 fully saturated rings. The van der Waals surface area contributed by atoms with Crippen molar-refractivity contribution in [3.63, 3.8) is 0 Å². The number of hydrogen-bond acceptors (Lipinski definition) is 2. The summed E-state index contributed by atoms with van der Waals surface area (Å²) in [7, 11) is 0. The third kappa shape index (κ3) is 6.32. The fourth-order valence-electron chi connectivity index (χ4n) is 3.16. The molecule has 0 atom stereocenters. The van der Waals surface area contributed by atoms with Crippen LogP contribution in [0.1, 0.15) is 18.4 Å². The first kappa shape index (κ1) is 20.9. The molecule has 2 aromatic rings. The normalized spacial score (nSPS) is 14.8. The number of nitrogens with zero attached hydrogens (tertiary/aromatic N) is 1. The Morgan fingerprint density at radius 1 is 1.10 bits per heavy atom. The number of urea groups is 1. The van der Waals surface area contributed by atoms with Crippen molar-refractivity contribution in [3.8, 4) is 0 Å². The Hall–Kier alpha value is -2.86. The summed E-state index contributed by atoms with van der Waals surface area (Å²) in [6, 6.07) is 12.8. The number of halogens is 2. The van der Waals surface area contributed by atoms with Gasteiger partial charge < -0.3 is 15.5 Å². The Morgan fingerprint density at radius 3 is 2.48 bits per heavy atom. The van der Waals surface area contributed by atoms with Crippen LogP contribution < -0.4 is 10.6 Å². The highest BCUT2D eigenvalue weighted by atomic mass is 35.5. The van der Waals surface area contributed by atoms with Crippen molar-refractivity contribution in [2.24, 2.45) is 5.92 Å². The molecule has 2 N–H and O–H groups in total. The van der Waals surface area contributed by atoms with Gasteiger partial charge >= 0.3 is 6.03 Å². The standard InChI is InChI=1S/C22H23ClFN3O2/c23-20-4-2-1-3-17(20)5-10-21(28)25-15-16-11-13-27(14-12-16)22(29)26-19-8-6-18(24)7-9-19/h1-10,16H,11-15H2,(H,25,28)(H,26,29). The molecule has 1 aliphatic heterocycles. The van der Waals surface area contributed by atoms with Gasteiger partial charge in [0, 0.05) is 36.4 Å². The van der Waals surface area contributed by atoms with Crippen molar-refractivity contribution in [2.75, 3.05) is 25.0 Å². The molecule has 0 aliphatic carbocycles. The van der Waals surface area contributed by atoms with Crippen molar-refractivity contribution in [1.29, 1.82) is 0 Å². The van der Waals surface area contributed by atoms with Crippen LogP contribution in [0.15, 0.2) is 54.6 Å². The zero-order chi connectivity index (χ0) is 20.6. The van der Waals surface area contributed by atoms with Crippen LogP contribution in [0.3, 0.4) is 0 Å². The van der Waals surface area contributed by atoms with Crippen molar-refractivity contribution in [3.05, 3.63) is 71.0 Å². The third-order valence-electron chi connectivity index (χ3n) is 4.88. The van der Waals surface area contributed by atoms with E-state index in [0.717, 1.165) is 18.4 Å². The first-order valence-corrected chi connectivity index (χ1v) is 9.91. The smallest absolute Gasteiger partial charge is 0.321 e. The fourth-order valence-corrected chi connectivity index (χ4v) is 3.35. The number of rotatable bonds is 5. The predicted molar refractivity (Wildman–Crippen MR) is 113 cm³/mol. The van der Waals surface area contributed by atoms with Gasteiger partial charge in [0.15, 0.2) is 0 Å². The van der Waals surface area contributed by atoms with Gasteiger partial charge in [0.25, 0.3) is 0 Å². The predicted octanol–water partition coefficient (Wildman–Crippen LogP) is 4.55. The van der Waals surface area contributed by atoms with Crippen LogP contribution in [0.2, 0.25) is 5.02 Å². The summed E-state index contributed by atoms with van der Waals surface area (Å²) in [5, 5.41) is 6.28. The quantitative estimate of drug-likeness (QED) is 0.703. The fraction of sp³-hybridized carbons (Fsp3) is 0.273. The maximum Gasteiger partial charge on any atom is 0.321 e. The Kier molecular flexibility index (Phi) is 7.25. The summed E-state index contributed by atoms with van der Waals surface area (Å²) in [5.74, 6) is -0.184. The molecule has 1 saturated heterocycles. The molecule has 0 unspecified atom stereocenters. The van der Waals surface area contributed by atoms with Crippen LogP contribution in [0.4, 0.5) is 14.9 Å². The Balaban J connectivity index is 1.39. The second-order valence-electron chi connectivity index (χ2n) is 6.97. The monoisotopic (exact) mass is 415 g/mol. The molecule has 0 radical (unpaired) electrons. The Morgan fingerprint density at radius 2 is 1.79 bits per heavy atom. The highest BCUT2D eigenvalue weighted by Gasteiger charge is 2.23. The van der Waals surface area contributed by atoms with Gasteiger partial charge in [-0.15, -0.1) is 0 Å². The van der Waals surface area contributed by atoms with E-state index in [0.29, 0.717) is 36.3 Å². The van der Waals surface area contributed by atoms with E-state index in [4.69, 9.17) is 11.6 Å². The number of carbonyl (C=O) groups excluding carboxylic acids is 2. The van der Waals surface area contributed by atoms with E-state index in [-0.39, 0.29) is 17.8 Å². The number of benzene rings is 2. The topological polar surface area (TPSA) is 61.4 Å². The van der Waals surface area contributed by atoms with Gasteiger partial charge in [-0.3, -0.25) is 4.79 Å². The first-order chi connectivity index (χ1) is 14.0. The molecule has 152 valence electrons. The number of piperidine rings is 1. The molecule has 3 rings (SSSR count). The van der Waals surface area contributed by atoms with Gasteiger partial charge in [-0.2, -0.15) is 0 Å². The summed E-state index contributed by atoms with van der Waals surface area (Å²) < 4.78 is 12.9. The molecule has 0 spiro atoms. The molecule has 0 saturated carbocycles. The Labute approximate surface area is 174 Å². The lowest BCUT2D eigenvalue weighted by Gasteiger charge is -2.32. The summed E-state index contributed by atoms with van der Waals surface area (Å²) in [4.78, 5) is 26.1. The summed E-state index contributed by atoms with van der Waals surface area (Å²) >= 11 is 6.07. The Bertz CT molecular complexity index is 878. The second-order valence-corrected chi connectivity index (χ2v) is 7.37. The number of amides is 3. The summed E-state index contributed by atoms with van der Waals surface area (Å²) in [6.45, 7) is 1.80. The largest absolute Gasteiger partial charge is 0.352 e. The van der Waals surface area contributed by atoms with E-state index in [1.807, 2.05) is 18.2 Å². The van der Waals surface area contributed by atoms with E-state index in [2.05, 4.69) is 10.6 Å². The number of hydrogen-bond donors (Lipinski definition) is 2. The van der Waals surface area contributed by atoms with Gasteiger partial charge in [-0.05, 0) is 60.7 Å². The van der Waals surface area contributed by atoms with Gasteiger partial charge in [-0.1, -0.05) is 29.8 Å². The molecule has 3 amide bonds. The van der Waals surface area contributed by atoms with Crippen molar-refractivity contribution >= 4 is 35.3 Å². The van der Waals surface area contributed by atoms with E-state index in [1.165, 1.54) is 30.3 Å². The lowest BCUT2D eigenvalue weighted by Crippen LogP contribution is -2.43. The van der Waals surface area contributed by atoms with Crippen molar-refractivity contribution < 1.29 is 14.0 Å². The maximum atomic E-state index is 12.9. The lowest BCUT2D eigenvalue weighted by molar-refractivity contribution is -0.116. The van der Waals surface area contributed by atoms with Gasteiger partial charge in [-0.25, -0.2) is 9.18 Å². The molecule has 5 nitrogen and oxygen atoms in total. The molecule has 0 aromatic heterocycles. The van der Waals surface area contributed by atoms with E-state index in [9.17, 15) is 14.0 Å². The number of likely N-dealkylation sites (tertiary alicyclic amines) is 1. The average molecular weight is 416 g/mol. The van der Waals surface area contributed by atoms with Crippen molar-refractivity contribution in [1.82, 2.24) is 10.2 Å². The van der Waals surface area contributed by atoms with Crippen LogP contribution in [-0.4, -0.2) is 36.5 Å². The van der Waals surface area contributed by atoms with Gasteiger partial charge in [0.1, 0.15) is 5.82 Å². The maximum absolute atomic E-state index is 12.9. The zero-order valence-corrected chi connectivity index (χ0v) is 16.7. The van der Waals surface area contributed by atoms with E-state index < -0.39 is 0 Å². The third-order valence-corrected chi connectivity index (χ3v) is 5.23.